The fourth-order valence-corrected chi connectivity index (χ4v) is 6.19. The van der Waals surface area contributed by atoms with Crippen molar-refractivity contribution < 1.29 is 14.1 Å². The van der Waals surface area contributed by atoms with Crippen LogP contribution in [0.5, 0.6) is 0 Å². The number of hydrogen-bond acceptors (Lipinski definition) is 2. The first-order valence-corrected chi connectivity index (χ1v) is 12.0. The van der Waals surface area contributed by atoms with Gasteiger partial charge in [0.15, 0.2) is 0 Å². The minimum Gasteiger partial charge on any atom is -0.481 e. The molecule has 4 nitrogen and oxygen atoms in total. The summed E-state index contributed by atoms with van der Waals surface area (Å²) in [6.45, 7) is 0. The van der Waals surface area contributed by atoms with Crippen molar-refractivity contribution in [2.45, 2.75) is 55.4 Å². The topological polar surface area (TPSA) is 57.6 Å². The van der Waals surface area contributed by atoms with Crippen molar-refractivity contribution in [1.82, 2.24) is 4.31 Å². The summed E-state index contributed by atoms with van der Waals surface area (Å²) in [5.74, 6) is 3.97. The van der Waals surface area contributed by atoms with Crippen molar-refractivity contribution in [3.63, 3.8) is 0 Å². The number of rotatable bonds is 8. The highest BCUT2D eigenvalue weighted by atomic mass is 32.2. The number of benzene rings is 1. The molecule has 2 aliphatic rings. The molecule has 1 aromatic rings. The van der Waals surface area contributed by atoms with Gasteiger partial charge in [0, 0.05) is 30.3 Å². The van der Waals surface area contributed by atoms with E-state index in [2.05, 4.69) is 42.3 Å². The molecule has 4 unspecified atom stereocenters. The van der Waals surface area contributed by atoms with Crippen LogP contribution in [-0.4, -0.2) is 38.5 Å². The normalized spacial score (nSPS) is 28.8. The Kier molecular flexibility index (Phi) is 7.14. The van der Waals surface area contributed by atoms with Gasteiger partial charge in [-0.1, -0.05) is 54.7 Å². The monoisotopic (exact) mass is 413 g/mol. The summed E-state index contributed by atoms with van der Waals surface area (Å²) in [5.41, 5.74) is 1.16. The predicted molar refractivity (Wildman–Crippen MR) is 121 cm³/mol. The number of carboxylic acids is 1. The first kappa shape index (κ1) is 21.6. The van der Waals surface area contributed by atoms with E-state index in [0.717, 1.165) is 36.1 Å². The summed E-state index contributed by atoms with van der Waals surface area (Å²) in [4.78, 5) is 11.4. The second-order valence-corrected chi connectivity index (χ2v) is 10.2. The van der Waals surface area contributed by atoms with E-state index in [0.29, 0.717) is 12.3 Å². The smallest absolute Gasteiger partial charge is 0.303 e. The second kappa shape index (κ2) is 9.59. The number of likely N-dealkylation sites (N-methyl/N-ethyl adjacent to an activating group) is 1. The van der Waals surface area contributed by atoms with Crippen molar-refractivity contribution in [3.8, 4) is 0 Å². The van der Waals surface area contributed by atoms with Crippen LogP contribution in [-0.2, 0) is 14.5 Å². The van der Waals surface area contributed by atoms with Gasteiger partial charge in [-0.05, 0) is 55.5 Å². The predicted octanol–water partition coefficient (Wildman–Crippen LogP) is 4.80. The Morgan fingerprint density at radius 2 is 1.86 bits per heavy atom. The number of hydrogen-bond donors (Lipinski definition) is 1. The van der Waals surface area contributed by atoms with Crippen molar-refractivity contribution in [1.29, 1.82) is 0 Å². The molecule has 4 atom stereocenters. The largest absolute Gasteiger partial charge is 0.481 e. The third-order valence-corrected chi connectivity index (χ3v) is 8.21. The van der Waals surface area contributed by atoms with E-state index in [1.807, 2.05) is 35.6 Å². The van der Waals surface area contributed by atoms with Crippen LogP contribution in [0.4, 0.5) is 0 Å². The molecule has 0 aromatic heterocycles. The molecule has 1 aliphatic heterocycles. The number of unbranched alkanes of at least 4 members (excludes halogenated alkanes) is 2. The highest BCUT2D eigenvalue weighted by Gasteiger charge is 2.39. The van der Waals surface area contributed by atoms with Gasteiger partial charge in [-0.25, -0.2) is 8.51 Å². The average Bonchev–Trinajstić information content (AvgIpc) is 2.78. The number of nitrogens with zero attached hydrogens (tertiary/aromatic N) is 1. The molecule has 3 rings (SSSR count). The number of carbonyl (C=O) groups is 1. The van der Waals surface area contributed by atoms with Gasteiger partial charge in [0.2, 0.25) is 0 Å². The number of fused-ring (bicyclic) bond motifs is 2. The van der Waals surface area contributed by atoms with Crippen LogP contribution in [0.15, 0.2) is 65.6 Å². The number of aliphatic carboxylic acids is 1. The lowest BCUT2D eigenvalue weighted by Crippen LogP contribution is -2.40. The molecule has 156 valence electrons. The van der Waals surface area contributed by atoms with Gasteiger partial charge in [-0.3, -0.25) is 4.79 Å². The third kappa shape index (κ3) is 4.90. The van der Waals surface area contributed by atoms with Gasteiger partial charge < -0.3 is 5.11 Å². The summed E-state index contributed by atoms with van der Waals surface area (Å²) in [6, 6.07) is 8.16. The lowest BCUT2D eigenvalue weighted by atomic mass is 9.76. The minimum atomic E-state index is -2.53. The van der Waals surface area contributed by atoms with Crippen LogP contribution in [0.2, 0.25) is 0 Å². The standard InChI is InChI=1S/C24H31NO3S/c1-25-22-16-11-9-14-20(22)19(13-7-5-3-4-6-8-18-24(26)27)21-15-10-12-17-23(21)29(25,2)28/h3-4,9-12,14-17,19-20,22H,2,5-8,13,18H2,1H3,(H,26,27)/b4-3+. The average molecular weight is 414 g/mol. The molecule has 0 saturated heterocycles. The summed E-state index contributed by atoms with van der Waals surface area (Å²) in [5, 5.41) is 8.69. The molecule has 1 aromatic carbocycles. The van der Waals surface area contributed by atoms with Gasteiger partial charge in [0.25, 0.3) is 0 Å². The molecule has 0 bridgehead atoms. The zero-order chi connectivity index (χ0) is 20.9. The van der Waals surface area contributed by atoms with E-state index in [9.17, 15) is 9.00 Å². The molecule has 5 heteroatoms. The molecular weight excluding hydrogens is 382 g/mol. The van der Waals surface area contributed by atoms with Gasteiger partial charge in [-0.2, -0.15) is 0 Å². The first-order valence-electron chi connectivity index (χ1n) is 10.3. The van der Waals surface area contributed by atoms with E-state index in [1.54, 1.807) is 0 Å². The van der Waals surface area contributed by atoms with Crippen LogP contribution < -0.4 is 0 Å². The van der Waals surface area contributed by atoms with Crippen molar-refractivity contribution >= 4 is 21.5 Å². The molecule has 0 fully saturated rings. The number of allylic oxidation sites excluding steroid dienone is 4. The van der Waals surface area contributed by atoms with Crippen molar-refractivity contribution in [2.24, 2.45) is 5.92 Å². The summed E-state index contributed by atoms with van der Waals surface area (Å²) < 4.78 is 15.6. The lowest BCUT2D eigenvalue weighted by Gasteiger charge is -2.34. The Hall–Kier alpha value is -2.11. The summed E-state index contributed by atoms with van der Waals surface area (Å²) in [6.07, 6.45) is 17.5. The van der Waals surface area contributed by atoms with Crippen LogP contribution in [0, 0.1) is 5.92 Å². The maximum Gasteiger partial charge on any atom is 0.303 e. The Balaban J connectivity index is 1.74. The zero-order valence-corrected chi connectivity index (χ0v) is 17.9. The van der Waals surface area contributed by atoms with Gasteiger partial charge >= 0.3 is 5.97 Å². The summed E-state index contributed by atoms with van der Waals surface area (Å²) >= 11 is 0. The number of carboxylic acid groups (broad SMARTS) is 1. The molecule has 0 radical (unpaired) electrons. The molecule has 0 amide bonds. The SMILES string of the molecule is C=S1(=O)c2ccccc2C(CCC/C=C/CCCC(=O)O)C2C=CC=CC2N1C. The third-order valence-electron chi connectivity index (χ3n) is 5.97. The minimum absolute atomic E-state index is 0.0777. The van der Waals surface area contributed by atoms with Crippen LogP contribution in [0.1, 0.15) is 50.0 Å². The Bertz CT molecular complexity index is 914. The Labute approximate surface area is 174 Å². The zero-order valence-electron chi connectivity index (χ0n) is 17.1. The fourth-order valence-electron chi connectivity index (χ4n) is 4.40. The maximum atomic E-state index is 13.6. The molecule has 1 aliphatic carbocycles. The van der Waals surface area contributed by atoms with E-state index >= 15 is 0 Å². The van der Waals surface area contributed by atoms with E-state index in [-0.39, 0.29) is 18.4 Å². The maximum absolute atomic E-state index is 13.6. The first-order chi connectivity index (χ1) is 13.9. The van der Waals surface area contributed by atoms with Crippen LogP contribution in [0.3, 0.4) is 0 Å². The van der Waals surface area contributed by atoms with Crippen molar-refractivity contribution in [2.75, 3.05) is 7.05 Å². The molecule has 1 N–H and O–H groups in total. The lowest BCUT2D eigenvalue weighted by molar-refractivity contribution is -0.137. The van der Waals surface area contributed by atoms with Crippen LogP contribution >= 0.6 is 0 Å². The highest BCUT2D eigenvalue weighted by molar-refractivity contribution is 7.98. The Morgan fingerprint density at radius 3 is 2.62 bits per heavy atom. The van der Waals surface area contributed by atoms with Gasteiger partial charge in [0.05, 0.1) is 9.71 Å². The van der Waals surface area contributed by atoms with E-state index in [4.69, 9.17) is 5.11 Å². The quantitative estimate of drug-likeness (QED) is 0.378. The van der Waals surface area contributed by atoms with Gasteiger partial charge in [-0.15, -0.1) is 0 Å². The summed E-state index contributed by atoms with van der Waals surface area (Å²) in [7, 11) is -0.601. The fraction of sp³-hybridized carbons (Fsp3) is 0.417. The van der Waals surface area contributed by atoms with E-state index in [1.165, 1.54) is 0 Å². The molecule has 0 saturated carbocycles. The van der Waals surface area contributed by atoms with Gasteiger partial charge in [0.1, 0.15) is 0 Å². The van der Waals surface area contributed by atoms with Crippen molar-refractivity contribution in [3.05, 3.63) is 66.3 Å². The van der Waals surface area contributed by atoms with E-state index < -0.39 is 15.7 Å². The van der Waals surface area contributed by atoms with Crippen LogP contribution in [0.25, 0.3) is 0 Å². The Morgan fingerprint density at radius 1 is 1.17 bits per heavy atom. The molecule has 29 heavy (non-hydrogen) atoms. The molecule has 1 heterocycles. The second-order valence-electron chi connectivity index (χ2n) is 7.86. The molecule has 0 spiro atoms. The molecular formula is C24H31NO3S. The highest BCUT2D eigenvalue weighted by Crippen LogP contribution is 2.43.